The lowest BCUT2D eigenvalue weighted by molar-refractivity contribution is -0.147. The molecule has 1 heterocycles. The summed E-state index contributed by atoms with van der Waals surface area (Å²) in [6.45, 7) is 1.66. The number of rotatable bonds is 4. The van der Waals surface area contributed by atoms with E-state index in [4.69, 9.17) is 15.7 Å². The van der Waals surface area contributed by atoms with Crippen molar-refractivity contribution in [3.05, 3.63) is 6.33 Å². The Labute approximate surface area is 86.5 Å². The third kappa shape index (κ3) is 3.27. The molecule has 0 saturated carbocycles. The Kier molecular flexibility index (Phi) is 3.62. The maximum Gasteiger partial charge on any atom is 0.329 e. The van der Waals surface area contributed by atoms with Gasteiger partial charge in [-0.2, -0.15) is 5.26 Å². The van der Waals surface area contributed by atoms with Gasteiger partial charge in [-0.25, -0.2) is 14.5 Å². The molecule has 7 nitrogen and oxygen atoms in total. The average molecular weight is 209 g/mol. The summed E-state index contributed by atoms with van der Waals surface area (Å²) < 4.78 is 6.08. The van der Waals surface area contributed by atoms with Crippen molar-refractivity contribution in [1.82, 2.24) is 14.8 Å². The van der Waals surface area contributed by atoms with Gasteiger partial charge in [-0.15, -0.1) is 5.10 Å². The monoisotopic (exact) mass is 209 g/mol. The molecule has 0 aromatic carbocycles. The van der Waals surface area contributed by atoms with Crippen molar-refractivity contribution in [2.75, 3.05) is 5.73 Å². The van der Waals surface area contributed by atoms with Crippen LogP contribution in [-0.2, 0) is 16.1 Å². The molecule has 0 aliphatic heterocycles. The highest BCUT2D eigenvalue weighted by Crippen LogP contribution is 1.98. The minimum atomic E-state index is -0.710. The number of carbonyl (C=O) groups excluding carboxylic acids is 1. The number of hydrogen-bond donors (Lipinski definition) is 1. The van der Waals surface area contributed by atoms with Crippen LogP contribution < -0.4 is 5.73 Å². The molecule has 0 radical (unpaired) electrons. The van der Waals surface area contributed by atoms with Gasteiger partial charge >= 0.3 is 5.97 Å². The first-order valence-electron chi connectivity index (χ1n) is 4.39. The van der Waals surface area contributed by atoms with Crippen LogP contribution in [0.3, 0.4) is 0 Å². The summed E-state index contributed by atoms with van der Waals surface area (Å²) >= 11 is 0. The van der Waals surface area contributed by atoms with Gasteiger partial charge < -0.3 is 10.5 Å². The summed E-state index contributed by atoms with van der Waals surface area (Å²) in [5.41, 5.74) is 5.26. The number of nitrogens with two attached hydrogens (primary N) is 1. The third-order valence-corrected chi connectivity index (χ3v) is 1.63. The normalized spacial score (nSPS) is 11.7. The Morgan fingerprint density at radius 2 is 2.60 bits per heavy atom. The Bertz CT molecular complexity index is 381. The first kappa shape index (κ1) is 11.0. The second kappa shape index (κ2) is 4.95. The molecule has 0 spiro atoms. The van der Waals surface area contributed by atoms with Crippen molar-refractivity contribution in [1.29, 1.82) is 5.26 Å². The number of carbonyl (C=O) groups is 1. The summed E-state index contributed by atoms with van der Waals surface area (Å²) in [5, 5.41) is 12.3. The summed E-state index contributed by atoms with van der Waals surface area (Å²) in [4.78, 5) is 14.9. The molecule has 1 aromatic rings. The molecule has 0 saturated heterocycles. The van der Waals surface area contributed by atoms with E-state index in [1.165, 1.54) is 11.0 Å². The van der Waals surface area contributed by atoms with Crippen LogP contribution in [0.1, 0.15) is 13.3 Å². The molecule has 7 heteroatoms. The fourth-order valence-corrected chi connectivity index (χ4v) is 0.914. The van der Waals surface area contributed by atoms with Crippen LogP contribution in [0.2, 0.25) is 0 Å². The summed E-state index contributed by atoms with van der Waals surface area (Å²) in [7, 11) is 0. The number of esters is 1. The van der Waals surface area contributed by atoms with Crippen LogP contribution >= 0.6 is 0 Å². The predicted molar refractivity (Wildman–Crippen MR) is 50.2 cm³/mol. The second-order valence-electron chi connectivity index (χ2n) is 2.82. The van der Waals surface area contributed by atoms with Crippen molar-refractivity contribution < 1.29 is 9.53 Å². The number of ether oxygens (including phenoxy) is 1. The van der Waals surface area contributed by atoms with Gasteiger partial charge in [0.1, 0.15) is 18.9 Å². The van der Waals surface area contributed by atoms with Crippen LogP contribution in [-0.4, -0.2) is 26.8 Å². The highest BCUT2D eigenvalue weighted by molar-refractivity contribution is 5.69. The molecule has 1 unspecified atom stereocenters. The lowest BCUT2D eigenvalue weighted by Gasteiger charge is -2.07. The van der Waals surface area contributed by atoms with Crippen LogP contribution in [0.5, 0.6) is 0 Å². The Morgan fingerprint density at radius 1 is 1.87 bits per heavy atom. The SMILES string of the molecule is CCC(C#N)OC(=O)Cn1cnc(N)n1. The van der Waals surface area contributed by atoms with E-state index < -0.39 is 12.1 Å². The van der Waals surface area contributed by atoms with Gasteiger partial charge in [0.05, 0.1) is 0 Å². The summed E-state index contributed by atoms with van der Waals surface area (Å²) in [6, 6.07) is 1.86. The third-order valence-electron chi connectivity index (χ3n) is 1.63. The zero-order valence-electron chi connectivity index (χ0n) is 8.25. The predicted octanol–water partition coefficient (Wildman–Crippen LogP) is -0.294. The summed E-state index contributed by atoms with van der Waals surface area (Å²) in [6.07, 6.45) is 1.07. The molecule has 1 aromatic heterocycles. The van der Waals surface area contributed by atoms with Gasteiger partial charge in [0.25, 0.3) is 0 Å². The molecule has 0 amide bonds. The van der Waals surface area contributed by atoms with Crippen LogP contribution in [0.15, 0.2) is 6.33 Å². The minimum Gasteiger partial charge on any atom is -0.446 e. The molecule has 0 bridgehead atoms. The minimum absolute atomic E-state index is 0.0927. The van der Waals surface area contributed by atoms with E-state index in [9.17, 15) is 4.79 Å². The van der Waals surface area contributed by atoms with Gasteiger partial charge in [-0.05, 0) is 6.42 Å². The fourth-order valence-electron chi connectivity index (χ4n) is 0.914. The van der Waals surface area contributed by atoms with E-state index >= 15 is 0 Å². The van der Waals surface area contributed by atoms with Gasteiger partial charge in [0, 0.05) is 0 Å². The Balaban J connectivity index is 2.46. The zero-order chi connectivity index (χ0) is 11.3. The topological polar surface area (TPSA) is 107 Å². The first-order valence-corrected chi connectivity index (χ1v) is 4.39. The molecule has 2 N–H and O–H groups in total. The number of nitriles is 1. The lowest BCUT2D eigenvalue weighted by atomic mass is 10.3. The number of nitrogen functional groups attached to an aromatic ring is 1. The number of hydrogen-bond acceptors (Lipinski definition) is 6. The van der Waals surface area contributed by atoms with Crippen LogP contribution in [0.25, 0.3) is 0 Å². The highest BCUT2D eigenvalue weighted by Gasteiger charge is 2.12. The van der Waals surface area contributed by atoms with Gasteiger partial charge in [-0.3, -0.25) is 0 Å². The lowest BCUT2D eigenvalue weighted by Crippen LogP contribution is -2.20. The van der Waals surface area contributed by atoms with E-state index in [0.29, 0.717) is 6.42 Å². The van der Waals surface area contributed by atoms with Gasteiger partial charge in [0.2, 0.25) is 5.95 Å². The van der Waals surface area contributed by atoms with E-state index in [-0.39, 0.29) is 12.5 Å². The van der Waals surface area contributed by atoms with Crippen LogP contribution in [0, 0.1) is 11.3 Å². The quantitative estimate of drug-likeness (QED) is 0.682. The van der Waals surface area contributed by atoms with Gasteiger partial charge in [0.15, 0.2) is 6.10 Å². The fraction of sp³-hybridized carbons (Fsp3) is 0.500. The molecule has 0 aliphatic carbocycles. The molecular weight excluding hydrogens is 198 g/mol. The smallest absolute Gasteiger partial charge is 0.329 e. The molecule has 0 fully saturated rings. The molecular formula is C8H11N5O2. The van der Waals surface area contributed by atoms with Crippen molar-refractivity contribution in [3.63, 3.8) is 0 Å². The van der Waals surface area contributed by atoms with E-state index in [1.807, 2.05) is 6.07 Å². The first-order chi connectivity index (χ1) is 7.15. The van der Waals surface area contributed by atoms with E-state index in [1.54, 1.807) is 6.92 Å². The van der Waals surface area contributed by atoms with Crippen molar-refractivity contribution >= 4 is 11.9 Å². The van der Waals surface area contributed by atoms with E-state index in [2.05, 4.69) is 10.1 Å². The molecule has 0 aliphatic rings. The number of anilines is 1. The van der Waals surface area contributed by atoms with Crippen molar-refractivity contribution in [2.45, 2.75) is 26.0 Å². The largest absolute Gasteiger partial charge is 0.446 e. The molecule has 1 atom stereocenters. The average Bonchev–Trinajstić information content (AvgIpc) is 2.60. The molecule has 15 heavy (non-hydrogen) atoms. The molecule has 1 rings (SSSR count). The summed E-state index contributed by atoms with van der Waals surface area (Å²) in [5.74, 6) is -0.441. The van der Waals surface area contributed by atoms with Gasteiger partial charge in [-0.1, -0.05) is 6.92 Å². The maximum atomic E-state index is 11.2. The Hall–Kier alpha value is -2.10. The Morgan fingerprint density at radius 3 is 3.07 bits per heavy atom. The maximum absolute atomic E-state index is 11.2. The zero-order valence-corrected chi connectivity index (χ0v) is 8.25. The standard InChI is InChI=1S/C8H11N5O2/c1-2-6(3-9)15-7(14)4-13-5-11-8(10)12-13/h5-6H,2,4H2,1H3,(H2,10,12). The van der Waals surface area contributed by atoms with Crippen molar-refractivity contribution in [2.24, 2.45) is 0 Å². The van der Waals surface area contributed by atoms with E-state index in [0.717, 1.165) is 0 Å². The number of nitrogens with zero attached hydrogens (tertiary/aromatic N) is 4. The van der Waals surface area contributed by atoms with Crippen molar-refractivity contribution in [3.8, 4) is 6.07 Å². The van der Waals surface area contributed by atoms with Crippen LogP contribution in [0.4, 0.5) is 5.95 Å². The molecule has 80 valence electrons. The highest BCUT2D eigenvalue weighted by atomic mass is 16.5. The second-order valence-corrected chi connectivity index (χ2v) is 2.82. The number of aromatic nitrogens is 3.